The summed E-state index contributed by atoms with van der Waals surface area (Å²) in [6, 6.07) is 9.85. The van der Waals surface area contributed by atoms with E-state index in [0.29, 0.717) is 0 Å². The van der Waals surface area contributed by atoms with Gasteiger partial charge in [-0.25, -0.2) is 0 Å². The maximum atomic E-state index is 10.2. The Morgan fingerprint density at radius 2 is 1.62 bits per heavy atom. The molecule has 0 amide bonds. The summed E-state index contributed by atoms with van der Waals surface area (Å²) in [6.07, 6.45) is 0. The molecule has 1 aromatic rings. The SMILES string of the molecule is CC.CC.O=C(O)CSCc1ccccc1. The number of hydrogen-bond acceptors (Lipinski definition) is 2. The lowest BCUT2D eigenvalue weighted by Gasteiger charge is -1.97. The molecule has 0 fully saturated rings. The third-order valence-corrected chi connectivity index (χ3v) is 2.33. The molecule has 0 aliphatic carbocycles. The summed E-state index contributed by atoms with van der Waals surface area (Å²) in [6.45, 7) is 8.00. The van der Waals surface area contributed by atoms with E-state index in [1.54, 1.807) is 0 Å². The molecule has 0 atom stereocenters. The summed E-state index contributed by atoms with van der Waals surface area (Å²) in [4.78, 5) is 10.2. The van der Waals surface area contributed by atoms with Gasteiger partial charge in [0.2, 0.25) is 0 Å². The van der Waals surface area contributed by atoms with E-state index in [2.05, 4.69) is 0 Å². The van der Waals surface area contributed by atoms with Crippen molar-refractivity contribution in [1.82, 2.24) is 0 Å². The largest absolute Gasteiger partial charge is 0.481 e. The fourth-order valence-electron chi connectivity index (χ4n) is 0.830. The number of carboxylic acids is 1. The van der Waals surface area contributed by atoms with Crippen LogP contribution in [0.3, 0.4) is 0 Å². The van der Waals surface area contributed by atoms with Gasteiger partial charge in [-0.15, -0.1) is 11.8 Å². The zero-order valence-electron chi connectivity index (χ0n) is 10.6. The molecule has 0 aromatic heterocycles. The molecule has 0 bridgehead atoms. The van der Waals surface area contributed by atoms with E-state index in [1.165, 1.54) is 17.3 Å². The van der Waals surface area contributed by atoms with Crippen molar-refractivity contribution in [2.45, 2.75) is 33.4 Å². The van der Waals surface area contributed by atoms with Crippen molar-refractivity contribution < 1.29 is 9.90 Å². The second-order valence-corrected chi connectivity index (χ2v) is 3.36. The highest BCUT2D eigenvalue weighted by Crippen LogP contribution is 2.10. The molecule has 0 aliphatic heterocycles. The molecule has 0 radical (unpaired) electrons. The van der Waals surface area contributed by atoms with Gasteiger partial charge >= 0.3 is 5.97 Å². The van der Waals surface area contributed by atoms with Crippen LogP contribution >= 0.6 is 11.8 Å². The second kappa shape index (κ2) is 14.0. The van der Waals surface area contributed by atoms with Crippen LogP contribution < -0.4 is 0 Å². The summed E-state index contributed by atoms with van der Waals surface area (Å²) in [5, 5.41) is 8.37. The first kappa shape index (κ1) is 17.4. The number of benzene rings is 1. The topological polar surface area (TPSA) is 37.3 Å². The first-order valence-corrected chi connectivity index (χ1v) is 6.78. The minimum absolute atomic E-state index is 0.175. The van der Waals surface area contributed by atoms with Gasteiger partial charge in [0.1, 0.15) is 0 Å². The van der Waals surface area contributed by atoms with Crippen LogP contribution in [-0.4, -0.2) is 16.8 Å². The van der Waals surface area contributed by atoms with Crippen LogP contribution in [0.25, 0.3) is 0 Å². The van der Waals surface area contributed by atoms with Gasteiger partial charge in [0.05, 0.1) is 5.75 Å². The van der Waals surface area contributed by atoms with E-state index < -0.39 is 5.97 Å². The average Bonchev–Trinajstić information content (AvgIpc) is 2.35. The van der Waals surface area contributed by atoms with Gasteiger partial charge in [0.25, 0.3) is 0 Å². The number of carbonyl (C=O) groups is 1. The van der Waals surface area contributed by atoms with E-state index in [4.69, 9.17) is 5.11 Å². The minimum atomic E-state index is -0.754. The molecular formula is C13H22O2S. The van der Waals surface area contributed by atoms with Crippen molar-refractivity contribution in [2.24, 2.45) is 0 Å². The first-order valence-electron chi connectivity index (χ1n) is 5.62. The molecular weight excluding hydrogens is 220 g/mol. The maximum Gasteiger partial charge on any atom is 0.313 e. The third kappa shape index (κ3) is 11.1. The average molecular weight is 242 g/mol. The quantitative estimate of drug-likeness (QED) is 0.865. The predicted molar refractivity (Wildman–Crippen MR) is 72.9 cm³/mol. The lowest BCUT2D eigenvalue weighted by atomic mass is 10.2. The second-order valence-electron chi connectivity index (χ2n) is 2.37. The van der Waals surface area contributed by atoms with Crippen molar-refractivity contribution in [3.8, 4) is 0 Å². The maximum absolute atomic E-state index is 10.2. The standard InChI is InChI=1S/C9H10O2S.2C2H6/c10-9(11)7-12-6-8-4-2-1-3-5-8;2*1-2/h1-5H,6-7H2,(H,10,11);2*1-2H3. The van der Waals surface area contributed by atoms with Crippen LogP contribution in [-0.2, 0) is 10.5 Å². The summed E-state index contributed by atoms with van der Waals surface area (Å²) in [5.74, 6) is 0.193. The molecule has 1 rings (SSSR count). The first-order chi connectivity index (χ1) is 7.79. The fourth-order valence-corrected chi connectivity index (χ4v) is 1.54. The summed E-state index contributed by atoms with van der Waals surface area (Å²) in [7, 11) is 0. The monoisotopic (exact) mass is 242 g/mol. The summed E-state index contributed by atoms with van der Waals surface area (Å²) >= 11 is 1.41. The van der Waals surface area contributed by atoms with Crippen molar-refractivity contribution >= 4 is 17.7 Å². The van der Waals surface area contributed by atoms with Gasteiger partial charge in [0, 0.05) is 5.75 Å². The molecule has 16 heavy (non-hydrogen) atoms. The Morgan fingerprint density at radius 1 is 1.12 bits per heavy atom. The highest BCUT2D eigenvalue weighted by atomic mass is 32.2. The van der Waals surface area contributed by atoms with Crippen LogP contribution in [0.4, 0.5) is 0 Å². The van der Waals surface area contributed by atoms with Crippen LogP contribution in [0.2, 0.25) is 0 Å². The molecule has 0 unspecified atom stereocenters. The van der Waals surface area contributed by atoms with E-state index >= 15 is 0 Å². The number of hydrogen-bond donors (Lipinski definition) is 1. The van der Waals surface area contributed by atoms with Gasteiger partial charge in [-0.1, -0.05) is 58.0 Å². The molecule has 0 spiro atoms. The Balaban J connectivity index is 0. The van der Waals surface area contributed by atoms with Crippen molar-refractivity contribution in [3.63, 3.8) is 0 Å². The van der Waals surface area contributed by atoms with Gasteiger partial charge in [-0.05, 0) is 5.56 Å². The van der Waals surface area contributed by atoms with Gasteiger partial charge in [0.15, 0.2) is 0 Å². The highest BCUT2D eigenvalue weighted by molar-refractivity contribution is 7.99. The van der Waals surface area contributed by atoms with E-state index in [1.807, 2.05) is 58.0 Å². The Labute approximate surface area is 103 Å². The van der Waals surface area contributed by atoms with E-state index in [0.717, 1.165) is 5.75 Å². The Morgan fingerprint density at radius 3 is 2.06 bits per heavy atom. The summed E-state index contributed by atoms with van der Waals surface area (Å²) in [5.41, 5.74) is 1.17. The van der Waals surface area contributed by atoms with Gasteiger partial charge in [-0.2, -0.15) is 0 Å². The smallest absolute Gasteiger partial charge is 0.313 e. The molecule has 3 heteroatoms. The molecule has 0 heterocycles. The summed E-state index contributed by atoms with van der Waals surface area (Å²) < 4.78 is 0. The zero-order valence-corrected chi connectivity index (χ0v) is 11.4. The minimum Gasteiger partial charge on any atom is -0.481 e. The molecule has 92 valence electrons. The third-order valence-electron chi connectivity index (χ3n) is 1.34. The number of rotatable bonds is 4. The van der Waals surface area contributed by atoms with E-state index in [9.17, 15) is 4.79 Å². The Kier molecular flexibility index (Phi) is 15.3. The lowest BCUT2D eigenvalue weighted by Crippen LogP contribution is -1.97. The number of carboxylic acid groups (broad SMARTS) is 1. The molecule has 0 aliphatic rings. The molecule has 1 aromatic carbocycles. The van der Waals surface area contributed by atoms with Crippen molar-refractivity contribution in [1.29, 1.82) is 0 Å². The fraction of sp³-hybridized carbons (Fsp3) is 0.462. The number of aliphatic carboxylic acids is 1. The van der Waals surface area contributed by atoms with Gasteiger partial charge < -0.3 is 5.11 Å². The van der Waals surface area contributed by atoms with E-state index in [-0.39, 0.29) is 5.75 Å². The zero-order chi connectivity index (χ0) is 12.8. The molecule has 2 nitrogen and oxygen atoms in total. The molecule has 1 N–H and O–H groups in total. The van der Waals surface area contributed by atoms with Crippen molar-refractivity contribution in [2.75, 3.05) is 5.75 Å². The van der Waals surface area contributed by atoms with Gasteiger partial charge in [-0.3, -0.25) is 4.79 Å². The Hall–Kier alpha value is -0.960. The molecule has 0 saturated carbocycles. The lowest BCUT2D eigenvalue weighted by molar-refractivity contribution is -0.133. The van der Waals surface area contributed by atoms with Crippen molar-refractivity contribution in [3.05, 3.63) is 35.9 Å². The van der Waals surface area contributed by atoms with Crippen LogP contribution in [0, 0.1) is 0 Å². The normalized spacial score (nSPS) is 8.00. The highest BCUT2D eigenvalue weighted by Gasteiger charge is 1.96. The number of thioether (sulfide) groups is 1. The van der Waals surface area contributed by atoms with Crippen LogP contribution in [0.15, 0.2) is 30.3 Å². The van der Waals surface area contributed by atoms with Crippen LogP contribution in [0.1, 0.15) is 33.3 Å². The van der Waals surface area contributed by atoms with Crippen LogP contribution in [0.5, 0.6) is 0 Å². The predicted octanol–water partition coefficient (Wildman–Crippen LogP) is 4.06. The Bertz CT molecular complexity index is 247. The molecule has 0 saturated heterocycles.